The molecule has 6 nitrogen and oxygen atoms in total. The van der Waals surface area contributed by atoms with Crippen LogP contribution in [0.1, 0.15) is 43.2 Å². The molecule has 3 heterocycles. The predicted octanol–water partition coefficient (Wildman–Crippen LogP) is 5.05. The molecule has 1 amide bonds. The number of likely N-dealkylation sites (tertiary alicyclic amines) is 2. The van der Waals surface area contributed by atoms with Crippen LogP contribution in [0.4, 0.5) is 18.9 Å². The number of halogens is 3. The van der Waals surface area contributed by atoms with Crippen molar-refractivity contribution in [2.75, 3.05) is 71.4 Å². The highest BCUT2D eigenvalue weighted by Crippen LogP contribution is 2.33. The number of carbonyl (C=O) groups excluding carboxylic acids is 1. The highest BCUT2D eigenvalue weighted by Gasteiger charge is 2.36. The molecular formula is C33H46F3N5O. The van der Waals surface area contributed by atoms with Crippen molar-refractivity contribution < 1.29 is 18.0 Å². The number of benzene rings is 2. The van der Waals surface area contributed by atoms with E-state index >= 15 is 0 Å². The second-order valence-electron chi connectivity index (χ2n) is 12.5. The van der Waals surface area contributed by atoms with Crippen LogP contribution in [-0.4, -0.2) is 104 Å². The lowest BCUT2D eigenvalue weighted by molar-refractivity contribution is -0.137. The van der Waals surface area contributed by atoms with E-state index in [0.717, 1.165) is 77.6 Å². The first-order valence-corrected chi connectivity index (χ1v) is 15.5. The molecule has 2 atom stereocenters. The first kappa shape index (κ1) is 30.8. The van der Waals surface area contributed by atoms with Crippen LogP contribution in [-0.2, 0) is 17.5 Å². The van der Waals surface area contributed by atoms with E-state index in [1.807, 2.05) is 18.0 Å². The van der Waals surface area contributed by atoms with Crippen LogP contribution in [0.2, 0.25) is 0 Å². The van der Waals surface area contributed by atoms with Crippen molar-refractivity contribution in [3.63, 3.8) is 0 Å². The largest absolute Gasteiger partial charge is 0.416 e. The molecule has 0 spiro atoms. The lowest BCUT2D eigenvalue weighted by atomic mass is 9.86. The Hall–Kier alpha value is -2.62. The van der Waals surface area contributed by atoms with Crippen LogP contribution in [0.25, 0.3) is 0 Å². The van der Waals surface area contributed by atoms with E-state index in [-0.39, 0.29) is 5.91 Å². The fourth-order valence-electron chi connectivity index (χ4n) is 7.11. The summed E-state index contributed by atoms with van der Waals surface area (Å²) in [5.74, 6) is 0.621. The lowest BCUT2D eigenvalue weighted by Crippen LogP contribution is -2.56. The molecule has 3 saturated heterocycles. The summed E-state index contributed by atoms with van der Waals surface area (Å²) in [6.45, 7) is 8.00. The van der Waals surface area contributed by atoms with Gasteiger partial charge in [0.05, 0.1) is 5.56 Å². The lowest BCUT2D eigenvalue weighted by Gasteiger charge is -2.47. The molecule has 3 aliphatic rings. The number of alkyl halides is 3. The zero-order chi connectivity index (χ0) is 29.7. The second-order valence-corrected chi connectivity index (χ2v) is 12.5. The van der Waals surface area contributed by atoms with Crippen LogP contribution < -0.4 is 4.90 Å². The molecule has 0 N–H and O–H groups in total. The Balaban J connectivity index is 1.21. The van der Waals surface area contributed by atoms with Crippen molar-refractivity contribution in [3.8, 4) is 0 Å². The van der Waals surface area contributed by atoms with Crippen LogP contribution in [0, 0.1) is 5.92 Å². The van der Waals surface area contributed by atoms with Crippen LogP contribution >= 0.6 is 0 Å². The molecule has 0 bridgehead atoms. The van der Waals surface area contributed by atoms with Crippen molar-refractivity contribution in [2.45, 2.75) is 56.9 Å². The maximum absolute atomic E-state index is 13.3. The Bertz CT molecular complexity index is 1150. The molecule has 230 valence electrons. The molecule has 3 aliphatic heterocycles. The van der Waals surface area contributed by atoms with Gasteiger partial charge in [-0.3, -0.25) is 14.6 Å². The highest BCUT2D eigenvalue weighted by atomic mass is 19.4. The molecule has 42 heavy (non-hydrogen) atoms. The van der Waals surface area contributed by atoms with Gasteiger partial charge >= 0.3 is 6.18 Å². The molecule has 2 aromatic rings. The van der Waals surface area contributed by atoms with Gasteiger partial charge in [-0.25, -0.2) is 0 Å². The standard InChI is InChI=1S/C33H46F3N5O/c1-37-16-13-29(14-17-37)38(2)32(42)12-11-27-25-39(24-26-7-4-3-5-8-26)18-15-31(27)41-21-19-40(20-22-41)30-10-6-9-28(23-30)33(34,35)36/h3-10,23,27,29,31H,11-22,24-25H2,1-2H3/t27-,31+/m0/s1. The van der Waals surface area contributed by atoms with Gasteiger partial charge in [-0.05, 0) is 82.0 Å². The SMILES string of the molecule is CN1CCC(N(C)C(=O)CC[C@H]2CN(Cc3ccccc3)CC[C@H]2N2CCN(c3cccc(C(F)(F)F)c3)CC2)CC1. The Labute approximate surface area is 249 Å². The molecular weight excluding hydrogens is 539 g/mol. The minimum Gasteiger partial charge on any atom is -0.369 e. The van der Waals surface area contributed by atoms with Crippen LogP contribution in [0.15, 0.2) is 54.6 Å². The van der Waals surface area contributed by atoms with Gasteiger partial charge in [-0.2, -0.15) is 13.2 Å². The maximum atomic E-state index is 13.3. The minimum absolute atomic E-state index is 0.248. The minimum atomic E-state index is -4.34. The van der Waals surface area contributed by atoms with Gasteiger partial charge in [-0.1, -0.05) is 36.4 Å². The van der Waals surface area contributed by atoms with Gasteiger partial charge in [0.1, 0.15) is 0 Å². The number of amides is 1. The second kappa shape index (κ2) is 13.8. The van der Waals surface area contributed by atoms with Crippen LogP contribution in [0.3, 0.4) is 0 Å². The number of nitrogens with zero attached hydrogens (tertiary/aromatic N) is 5. The van der Waals surface area contributed by atoms with Gasteiger partial charge in [0, 0.05) is 70.5 Å². The number of piperidine rings is 2. The Morgan fingerprint density at radius 1 is 0.905 bits per heavy atom. The number of hydrogen-bond acceptors (Lipinski definition) is 5. The third-order valence-corrected chi connectivity index (χ3v) is 9.71. The first-order valence-electron chi connectivity index (χ1n) is 15.5. The molecule has 0 saturated carbocycles. The van der Waals surface area contributed by atoms with E-state index in [2.05, 4.69) is 50.9 Å². The average molecular weight is 586 g/mol. The molecule has 9 heteroatoms. The van der Waals surface area contributed by atoms with Crippen molar-refractivity contribution in [1.29, 1.82) is 0 Å². The summed E-state index contributed by atoms with van der Waals surface area (Å²) in [6.07, 6.45) is 0.197. The van der Waals surface area contributed by atoms with Gasteiger partial charge in [0.2, 0.25) is 5.91 Å². The van der Waals surface area contributed by atoms with Crippen molar-refractivity contribution >= 4 is 11.6 Å². The van der Waals surface area contributed by atoms with Gasteiger partial charge in [0.25, 0.3) is 0 Å². The molecule has 5 rings (SSSR count). The maximum Gasteiger partial charge on any atom is 0.416 e. The number of piperazine rings is 1. The van der Waals surface area contributed by atoms with Crippen molar-refractivity contribution in [2.24, 2.45) is 5.92 Å². The van der Waals surface area contributed by atoms with Gasteiger partial charge < -0.3 is 14.7 Å². The van der Waals surface area contributed by atoms with E-state index in [1.165, 1.54) is 17.7 Å². The number of carbonyl (C=O) groups is 1. The molecule has 0 unspecified atom stereocenters. The molecule has 3 fully saturated rings. The Morgan fingerprint density at radius 2 is 1.62 bits per heavy atom. The summed E-state index contributed by atoms with van der Waals surface area (Å²) in [4.78, 5) is 24.8. The smallest absolute Gasteiger partial charge is 0.369 e. The normalized spacial score (nSPS) is 23.7. The third kappa shape index (κ3) is 7.85. The zero-order valence-corrected chi connectivity index (χ0v) is 25.1. The number of hydrogen-bond donors (Lipinski definition) is 0. The monoisotopic (exact) mass is 585 g/mol. The molecule has 0 aliphatic carbocycles. The van der Waals surface area contributed by atoms with Crippen LogP contribution in [0.5, 0.6) is 0 Å². The molecule has 2 aromatic carbocycles. The average Bonchev–Trinajstić information content (AvgIpc) is 3.00. The molecule has 0 aromatic heterocycles. The summed E-state index contributed by atoms with van der Waals surface area (Å²) in [7, 11) is 4.12. The van der Waals surface area contributed by atoms with Gasteiger partial charge in [-0.15, -0.1) is 0 Å². The summed E-state index contributed by atoms with van der Waals surface area (Å²) in [5.41, 5.74) is 1.35. The number of anilines is 1. The van der Waals surface area contributed by atoms with E-state index < -0.39 is 11.7 Å². The summed E-state index contributed by atoms with van der Waals surface area (Å²) >= 11 is 0. The van der Waals surface area contributed by atoms with Crippen molar-refractivity contribution in [1.82, 2.24) is 19.6 Å². The quantitative estimate of drug-likeness (QED) is 0.433. The summed E-state index contributed by atoms with van der Waals surface area (Å²) < 4.78 is 39.9. The Morgan fingerprint density at radius 3 is 2.31 bits per heavy atom. The topological polar surface area (TPSA) is 33.3 Å². The van der Waals surface area contributed by atoms with E-state index in [0.29, 0.717) is 43.2 Å². The number of rotatable bonds is 8. The zero-order valence-electron chi connectivity index (χ0n) is 25.1. The fraction of sp³-hybridized carbons (Fsp3) is 0.606. The molecule has 0 radical (unpaired) electrons. The van der Waals surface area contributed by atoms with E-state index in [9.17, 15) is 18.0 Å². The fourth-order valence-corrected chi connectivity index (χ4v) is 7.11. The highest BCUT2D eigenvalue weighted by molar-refractivity contribution is 5.76. The summed E-state index contributed by atoms with van der Waals surface area (Å²) in [6, 6.07) is 17.0. The van der Waals surface area contributed by atoms with Crippen molar-refractivity contribution in [3.05, 3.63) is 65.7 Å². The third-order valence-electron chi connectivity index (χ3n) is 9.71. The summed E-state index contributed by atoms with van der Waals surface area (Å²) in [5, 5.41) is 0. The van der Waals surface area contributed by atoms with E-state index in [4.69, 9.17) is 0 Å². The van der Waals surface area contributed by atoms with E-state index in [1.54, 1.807) is 6.07 Å². The predicted molar refractivity (Wildman–Crippen MR) is 161 cm³/mol. The first-order chi connectivity index (χ1) is 20.2. The Kier molecular flexibility index (Phi) is 10.1. The van der Waals surface area contributed by atoms with Gasteiger partial charge in [0.15, 0.2) is 0 Å².